The summed E-state index contributed by atoms with van der Waals surface area (Å²) >= 11 is 1.76. The van der Waals surface area contributed by atoms with Crippen LogP contribution in [0.2, 0.25) is 0 Å². The van der Waals surface area contributed by atoms with Crippen LogP contribution in [0.3, 0.4) is 0 Å². The molecule has 28 heavy (non-hydrogen) atoms. The fourth-order valence-electron chi connectivity index (χ4n) is 3.74. The predicted molar refractivity (Wildman–Crippen MR) is 121 cm³/mol. The summed E-state index contributed by atoms with van der Waals surface area (Å²) in [4.78, 5) is 13.2. The quantitative estimate of drug-likeness (QED) is 0.737. The average molecular weight is 443 g/mol. The van der Waals surface area contributed by atoms with Crippen LogP contribution in [-0.2, 0) is 0 Å². The standard InChI is InChI=1S/C20H26N4OS.2ClH/c25-16-15-23-13-11-22(12-14-23)9-4-10-24-17-5-1-2-7-19(17)26-20-18(24)6-3-8-21-20;;/h1-3,5-8,25H,4,9-16H2;2*1H. The Balaban J connectivity index is 0.00000140. The van der Waals surface area contributed by atoms with Crippen molar-refractivity contribution < 1.29 is 5.11 Å². The number of fused-ring (bicyclic) bond motifs is 2. The molecule has 2 aliphatic heterocycles. The monoisotopic (exact) mass is 442 g/mol. The van der Waals surface area contributed by atoms with Gasteiger partial charge in [-0.1, -0.05) is 23.9 Å². The van der Waals surface area contributed by atoms with Gasteiger partial charge in [0.25, 0.3) is 0 Å². The first-order valence-electron chi connectivity index (χ1n) is 9.40. The highest BCUT2D eigenvalue weighted by Crippen LogP contribution is 2.46. The van der Waals surface area contributed by atoms with Crippen LogP contribution in [0.15, 0.2) is 52.5 Å². The molecular formula is C20H28Cl2N4OS. The molecule has 0 bridgehead atoms. The number of benzene rings is 1. The largest absolute Gasteiger partial charge is 0.395 e. The van der Waals surface area contributed by atoms with Crippen molar-refractivity contribution >= 4 is 48.0 Å². The van der Waals surface area contributed by atoms with E-state index in [0.29, 0.717) is 0 Å². The summed E-state index contributed by atoms with van der Waals surface area (Å²) in [5, 5.41) is 10.2. The molecule has 3 heterocycles. The van der Waals surface area contributed by atoms with E-state index in [2.05, 4.69) is 50.0 Å². The van der Waals surface area contributed by atoms with Crippen molar-refractivity contribution in [2.75, 3.05) is 57.3 Å². The number of hydrogen-bond donors (Lipinski definition) is 1. The SMILES string of the molecule is Cl.Cl.OCCN1CCN(CCCN2c3ccccc3Sc3ncccc32)CC1. The Labute approximate surface area is 183 Å². The first-order valence-corrected chi connectivity index (χ1v) is 10.2. The average Bonchev–Trinajstić information content (AvgIpc) is 2.69. The number of piperazine rings is 1. The van der Waals surface area contributed by atoms with Crippen molar-refractivity contribution in [2.45, 2.75) is 16.3 Å². The number of pyridine rings is 1. The lowest BCUT2D eigenvalue weighted by Crippen LogP contribution is -2.47. The Morgan fingerprint density at radius 3 is 2.29 bits per heavy atom. The van der Waals surface area contributed by atoms with Gasteiger partial charge in [-0.2, -0.15) is 0 Å². The third kappa shape index (κ3) is 5.32. The predicted octanol–water partition coefficient (Wildman–Crippen LogP) is 3.53. The Kier molecular flexibility index (Phi) is 9.34. The Hall–Kier alpha value is -1.02. The second kappa shape index (κ2) is 11.2. The minimum Gasteiger partial charge on any atom is -0.395 e. The summed E-state index contributed by atoms with van der Waals surface area (Å²) in [5.74, 6) is 0. The van der Waals surface area contributed by atoms with Crippen LogP contribution in [0.25, 0.3) is 0 Å². The zero-order valence-electron chi connectivity index (χ0n) is 15.9. The lowest BCUT2D eigenvalue weighted by Gasteiger charge is -2.35. The number of aliphatic hydroxyl groups excluding tert-OH is 1. The van der Waals surface area contributed by atoms with Gasteiger partial charge in [0.1, 0.15) is 5.03 Å². The summed E-state index contributed by atoms with van der Waals surface area (Å²) < 4.78 is 0. The number of aromatic nitrogens is 1. The van der Waals surface area contributed by atoms with E-state index in [1.807, 2.05) is 12.3 Å². The molecule has 0 saturated carbocycles. The van der Waals surface area contributed by atoms with Gasteiger partial charge in [-0.25, -0.2) is 4.98 Å². The molecule has 5 nitrogen and oxygen atoms in total. The van der Waals surface area contributed by atoms with E-state index >= 15 is 0 Å². The van der Waals surface area contributed by atoms with Crippen molar-refractivity contribution in [3.63, 3.8) is 0 Å². The van der Waals surface area contributed by atoms with Crippen LogP contribution in [0, 0.1) is 0 Å². The molecule has 0 amide bonds. The molecule has 8 heteroatoms. The molecule has 0 unspecified atom stereocenters. The van der Waals surface area contributed by atoms with E-state index in [1.165, 1.54) is 16.3 Å². The first-order chi connectivity index (χ1) is 12.8. The van der Waals surface area contributed by atoms with Gasteiger partial charge >= 0.3 is 0 Å². The molecule has 0 aliphatic carbocycles. The third-order valence-corrected chi connectivity index (χ3v) is 6.21. The maximum atomic E-state index is 9.06. The van der Waals surface area contributed by atoms with E-state index in [-0.39, 0.29) is 31.4 Å². The highest BCUT2D eigenvalue weighted by molar-refractivity contribution is 7.99. The normalized spacial score (nSPS) is 16.5. The van der Waals surface area contributed by atoms with Crippen molar-refractivity contribution in [1.82, 2.24) is 14.8 Å². The van der Waals surface area contributed by atoms with E-state index < -0.39 is 0 Å². The lowest BCUT2D eigenvalue weighted by molar-refractivity contribution is 0.112. The second-order valence-electron chi connectivity index (χ2n) is 6.81. The number of β-amino-alcohol motifs (C(OH)–C–C–N with tert-alkyl or cyclic N) is 1. The summed E-state index contributed by atoms with van der Waals surface area (Å²) in [7, 11) is 0. The minimum atomic E-state index is 0. The highest BCUT2D eigenvalue weighted by Gasteiger charge is 2.24. The maximum Gasteiger partial charge on any atom is 0.125 e. The van der Waals surface area contributed by atoms with Crippen molar-refractivity contribution in [1.29, 1.82) is 0 Å². The molecule has 0 spiro atoms. The molecule has 1 saturated heterocycles. The molecule has 1 aromatic carbocycles. The molecule has 1 N–H and O–H groups in total. The van der Waals surface area contributed by atoms with Crippen LogP contribution in [0.1, 0.15) is 6.42 Å². The smallest absolute Gasteiger partial charge is 0.125 e. The van der Waals surface area contributed by atoms with E-state index in [4.69, 9.17) is 5.11 Å². The number of halogens is 2. The third-order valence-electron chi connectivity index (χ3n) is 5.14. The molecule has 2 aromatic rings. The Morgan fingerprint density at radius 1 is 0.857 bits per heavy atom. The fourth-order valence-corrected chi connectivity index (χ4v) is 4.77. The van der Waals surface area contributed by atoms with Crippen molar-refractivity contribution in [3.8, 4) is 0 Å². The first kappa shape index (κ1) is 23.3. The van der Waals surface area contributed by atoms with E-state index in [1.54, 1.807) is 11.8 Å². The van der Waals surface area contributed by atoms with Crippen LogP contribution < -0.4 is 4.90 Å². The summed E-state index contributed by atoms with van der Waals surface area (Å²) in [6.45, 7) is 7.53. The molecule has 4 rings (SSSR count). The molecular weight excluding hydrogens is 415 g/mol. The van der Waals surface area contributed by atoms with E-state index in [9.17, 15) is 0 Å². The number of para-hydroxylation sites is 1. The van der Waals surface area contributed by atoms with Gasteiger partial charge in [-0.3, -0.25) is 4.90 Å². The van der Waals surface area contributed by atoms with Gasteiger partial charge in [0.15, 0.2) is 0 Å². The molecule has 1 fully saturated rings. The summed E-state index contributed by atoms with van der Waals surface area (Å²) in [6, 6.07) is 12.8. The maximum absolute atomic E-state index is 9.06. The van der Waals surface area contributed by atoms with Crippen LogP contribution in [-0.4, -0.2) is 72.3 Å². The topological polar surface area (TPSA) is 42.8 Å². The van der Waals surface area contributed by atoms with Gasteiger partial charge in [0.05, 0.1) is 18.0 Å². The zero-order chi connectivity index (χ0) is 17.8. The van der Waals surface area contributed by atoms with Crippen molar-refractivity contribution in [2.24, 2.45) is 0 Å². The van der Waals surface area contributed by atoms with Crippen LogP contribution >= 0.6 is 36.6 Å². The highest BCUT2D eigenvalue weighted by atomic mass is 35.5. The fraction of sp³-hybridized carbons (Fsp3) is 0.450. The van der Waals surface area contributed by atoms with Gasteiger partial charge in [0.2, 0.25) is 0 Å². The second-order valence-corrected chi connectivity index (χ2v) is 7.84. The number of rotatable bonds is 6. The van der Waals surface area contributed by atoms with Crippen LogP contribution in [0.4, 0.5) is 11.4 Å². The number of anilines is 2. The van der Waals surface area contributed by atoms with Gasteiger partial charge < -0.3 is 14.9 Å². The Morgan fingerprint density at radius 2 is 1.54 bits per heavy atom. The number of nitrogens with zero attached hydrogens (tertiary/aromatic N) is 4. The van der Waals surface area contributed by atoms with Crippen LogP contribution in [0.5, 0.6) is 0 Å². The number of aliphatic hydroxyl groups is 1. The minimum absolute atomic E-state index is 0. The van der Waals surface area contributed by atoms with Gasteiger partial charge in [0, 0.05) is 50.4 Å². The summed E-state index contributed by atoms with van der Waals surface area (Å²) in [5.41, 5.74) is 2.52. The molecule has 0 atom stereocenters. The van der Waals surface area contributed by atoms with E-state index in [0.717, 1.165) is 57.3 Å². The summed E-state index contributed by atoms with van der Waals surface area (Å²) in [6.07, 6.45) is 3.01. The molecule has 154 valence electrons. The van der Waals surface area contributed by atoms with Crippen molar-refractivity contribution in [3.05, 3.63) is 42.6 Å². The Bertz CT molecular complexity index is 698. The molecule has 0 radical (unpaired) electrons. The van der Waals surface area contributed by atoms with Gasteiger partial charge in [-0.05, 0) is 37.2 Å². The van der Waals surface area contributed by atoms with Gasteiger partial charge in [-0.15, -0.1) is 24.8 Å². The molecule has 2 aliphatic rings. The zero-order valence-corrected chi connectivity index (χ0v) is 18.3. The number of hydrogen-bond acceptors (Lipinski definition) is 6. The lowest BCUT2D eigenvalue weighted by atomic mass is 10.2. The molecule has 1 aromatic heterocycles.